The van der Waals surface area contributed by atoms with Gasteiger partial charge in [0, 0.05) is 17.0 Å². The fraction of sp³-hybridized carbons (Fsp3) is 0.0588. The van der Waals surface area contributed by atoms with Crippen LogP contribution in [0.2, 0.25) is 0 Å². The third kappa shape index (κ3) is 4.29. The molecule has 0 unspecified atom stereocenters. The summed E-state index contributed by atoms with van der Waals surface area (Å²) in [7, 11) is 0. The molecule has 1 nitrogen and oxygen atoms in total. The van der Waals surface area contributed by atoms with Gasteiger partial charge in [0.25, 0.3) is 0 Å². The molecule has 0 spiro atoms. The zero-order valence-corrected chi connectivity index (χ0v) is 19.6. The number of fused-ring (bicyclic) bond motifs is 1. The van der Waals surface area contributed by atoms with Crippen molar-refractivity contribution in [3.05, 3.63) is 145 Å². The van der Waals surface area contributed by atoms with E-state index in [1.54, 1.807) is 0 Å². The van der Waals surface area contributed by atoms with Crippen LogP contribution in [0.15, 0.2) is 139 Å². The average Bonchev–Trinajstić information content (AvgIpc) is 2.94. The molecule has 1 aliphatic carbocycles. The number of anilines is 1. The number of hydrogen-bond donors (Lipinski definition) is 1. The fourth-order valence-electron chi connectivity index (χ4n) is 5.04. The highest BCUT2D eigenvalue weighted by atomic mass is 14.9. The van der Waals surface area contributed by atoms with Crippen LogP contribution >= 0.6 is 0 Å². The molecule has 0 atom stereocenters. The maximum atomic E-state index is 3.75. The Hall–Kier alpha value is -4.36. The average molecular weight is 450 g/mol. The van der Waals surface area contributed by atoms with Crippen LogP contribution in [0, 0.1) is 0 Å². The lowest BCUT2D eigenvalue weighted by Crippen LogP contribution is -2.05. The second-order valence-electron chi connectivity index (χ2n) is 8.98. The number of rotatable bonds is 5. The largest absolute Gasteiger partial charge is 0.358 e. The van der Waals surface area contributed by atoms with E-state index in [1.165, 1.54) is 49.9 Å². The summed E-state index contributed by atoms with van der Waals surface area (Å²) in [5, 5.41) is 6.31. The second-order valence-corrected chi connectivity index (χ2v) is 8.98. The molecule has 0 fully saturated rings. The molecule has 0 heterocycles. The lowest BCUT2D eigenvalue weighted by atomic mass is 9.92. The molecule has 1 heteroatoms. The van der Waals surface area contributed by atoms with Gasteiger partial charge in [-0.3, -0.25) is 0 Å². The smallest absolute Gasteiger partial charge is 0.0388 e. The van der Waals surface area contributed by atoms with E-state index >= 15 is 0 Å². The molecule has 35 heavy (non-hydrogen) atoms. The molecule has 168 valence electrons. The Morgan fingerprint density at radius 1 is 0.514 bits per heavy atom. The van der Waals surface area contributed by atoms with Gasteiger partial charge in [0.05, 0.1) is 0 Å². The normalized spacial score (nSPS) is 13.3. The van der Waals surface area contributed by atoms with E-state index in [4.69, 9.17) is 0 Å². The number of allylic oxidation sites excluding steroid dienone is 4. The van der Waals surface area contributed by atoms with E-state index in [9.17, 15) is 0 Å². The Labute approximate surface area is 207 Å². The maximum Gasteiger partial charge on any atom is 0.0388 e. The molecule has 6 rings (SSSR count). The van der Waals surface area contributed by atoms with Crippen LogP contribution < -0.4 is 5.32 Å². The van der Waals surface area contributed by atoms with E-state index in [0.717, 1.165) is 18.5 Å². The summed E-state index contributed by atoms with van der Waals surface area (Å²) in [6, 6.07) is 43.3. The molecule has 0 saturated heterocycles. The highest BCUT2D eigenvalue weighted by Crippen LogP contribution is 2.37. The van der Waals surface area contributed by atoms with Gasteiger partial charge >= 0.3 is 0 Å². The van der Waals surface area contributed by atoms with Crippen molar-refractivity contribution in [1.82, 2.24) is 0 Å². The first-order chi connectivity index (χ1) is 17.4. The van der Waals surface area contributed by atoms with E-state index in [2.05, 4.69) is 139 Å². The van der Waals surface area contributed by atoms with Crippen LogP contribution in [0.3, 0.4) is 0 Å². The molecular formula is C34H27N. The van der Waals surface area contributed by atoms with Crippen molar-refractivity contribution in [2.75, 3.05) is 5.32 Å². The Morgan fingerprint density at radius 2 is 1.11 bits per heavy atom. The Morgan fingerprint density at radius 3 is 1.83 bits per heavy atom. The monoisotopic (exact) mass is 449 g/mol. The molecule has 0 amide bonds. The summed E-state index contributed by atoms with van der Waals surface area (Å²) in [4.78, 5) is 0. The molecule has 1 aliphatic rings. The minimum absolute atomic E-state index is 1.01. The summed E-state index contributed by atoms with van der Waals surface area (Å²) < 4.78 is 0. The molecule has 0 aliphatic heterocycles. The fourth-order valence-corrected chi connectivity index (χ4v) is 5.04. The quantitative estimate of drug-likeness (QED) is 0.282. The van der Waals surface area contributed by atoms with E-state index in [-0.39, 0.29) is 0 Å². The van der Waals surface area contributed by atoms with Crippen LogP contribution in [-0.2, 0) is 0 Å². The predicted molar refractivity (Wildman–Crippen MR) is 150 cm³/mol. The lowest BCUT2D eigenvalue weighted by Gasteiger charge is -2.19. The summed E-state index contributed by atoms with van der Waals surface area (Å²) >= 11 is 0. The van der Waals surface area contributed by atoms with Crippen LogP contribution in [0.5, 0.6) is 0 Å². The minimum Gasteiger partial charge on any atom is -0.358 e. The first-order valence-corrected chi connectivity index (χ1v) is 12.3. The molecule has 1 N–H and O–H groups in total. The van der Waals surface area contributed by atoms with Crippen molar-refractivity contribution in [3.63, 3.8) is 0 Å². The third-order valence-corrected chi connectivity index (χ3v) is 6.73. The van der Waals surface area contributed by atoms with Gasteiger partial charge in [0.15, 0.2) is 0 Å². The van der Waals surface area contributed by atoms with Gasteiger partial charge in [-0.15, -0.1) is 0 Å². The van der Waals surface area contributed by atoms with Crippen LogP contribution in [0.25, 0.3) is 38.6 Å². The van der Waals surface area contributed by atoms with Crippen molar-refractivity contribution in [3.8, 4) is 22.3 Å². The zero-order valence-electron chi connectivity index (χ0n) is 19.6. The summed E-state index contributed by atoms with van der Waals surface area (Å²) in [5.74, 6) is 0. The van der Waals surface area contributed by atoms with E-state index < -0.39 is 0 Å². The standard InChI is InChI=1S/C34H27N/c1-3-12-25(13-4-1)29-22-23-30(33-20-8-7-19-32(29)33)27-16-11-17-28(24-27)35-34-21-10-9-18-31(34)26-14-5-2-6-15-26/h1-9,11-20,22-24,35H,10,21H2. The van der Waals surface area contributed by atoms with Gasteiger partial charge in [-0.2, -0.15) is 0 Å². The van der Waals surface area contributed by atoms with Crippen molar-refractivity contribution in [1.29, 1.82) is 0 Å². The second kappa shape index (κ2) is 9.48. The number of nitrogens with one attached hydrogen (secondary N) is 1. The van der Waals surface area contributed by atoms with Crippen molar-refractivity contribution in [2.45, 2.75) is 12.8 Å². The Bertz CT molecular complexity index is 1540. The van der Waals surface area contributed by atoms with E-state index in [1.807, 2.05) is 0 Å². The third-order valence-electron chi connectivity index (χ3n) is 6.73. The molecule has 0 bridgehead atoms. The van der Waals surface area contributed by atoms with E-state index in [0.29, 0.717) is 0 Å². The highest BCUT2D eigenvalue weighted by molar-refractivity contribution is 6.05. The van der Waals surface area contributed by atoms with Gasteiger partial charge in [-0.05, 0) is 63.6 Å². The lowest BCUT2D eigenvalue weighted by molar-refractivity contribution is 0.972. The Balaban J connectivity index is 1.40. The number of benzene rings is 5. The molecule has 5 aromatic carbocycles. The zero-order chi connectivity index (χ0) is 23.5. The first kappa shape index (κ1) is 21.2. The van der Waals surface area contributed by atoms with Gasteiger partial charge in [-0.1, -0.05) is 121 Å². The van der Waals surface area contributed by atoms with Crippen LogP contribution in [-0.4, -0.2) is 0 Å². The number of hydrogen-bond acceptors (Lipinski definition) is 1. The van der Waals surface area contributed by atoms with Crippen molar-refractivity contribution in [2.24, 2.45) is 0 Å². The Kier molecular flexibility index (Phi) is 5.74. The van der Waals surface area contributed by atoms with Gasteiger partial charge in [0.1, 0.15) is 0 Å². The molecule has 5 aromatic rings. The summed E-state index contributed by atoms with van der Waals surface area (Å²) in [6.07, 6.45) is 6.59. The minimum atomic E-state index is 1.01. The molecular weight excluding hydrogens is 422 g/mol. The summed E-state index contributed by atoms with van der Waals surface area (Å²) in [6.45, 7) is 0. The van der Waals surface area contributed by atoms with Gasteiger partial charge < -0.3 is 5.32 Å². The highest BCUT2D eigenvalue weighted by Gasteiger charge is 2.13. The predicted octanol–water partition coefficient (Wildman–Crippen LogP) is 9.35. The van der Waals surface area contributed by atoms with Gasteiger partial charge in [-0.25, -0.2) is 0 Å². The first-order valence-electron chi connectivity index (χ1n) is 12.3. The summed E-state index contributed by atoms with van der Waals surface area (Å²) in [5.41, 5.74) is 9.92. The molecule has 0 aromatic heterocycles. The van der Waals surface area contributed by atoms with Gasteiger partial charge in [0.2, 0.25) is 0 Å². The van der Waals surface area contributed by atoms with Crippen molar-refractivity contribution < 1.29 is 0 Å². The van der Waals surface area contributed by atoms with Crippen LogP contribution in [0.1, 0.15) is 18.4 Å². The molecule has 0 radical (unpaired) electrons. The topological polar surface area (TPSA) is 12.0 Å². The van der Waals surface area contributed by atoms with Crippen molar-refractivity contribution >= 4 is 22.0 Å². The van der Waals surface area contributed by atoms with Crippen LogP contribution in [0.4, 0.5) is 5.69 Å². The molecule has 0 saturated carbocycles. The maximum absolute atomic E-state index is 3.75. The SMILES string of the molecule is C1=CC(c2ccccc2)=C(Nc2cccc(-c3ccc(-c4ccccc4)c4ccccc34)c2)CC1.